The third kappa shape index (κ3) is 4.08. The maximum atomic E-state index is 13.0. The second-order valence-corrected chi connectivity index (χ2v) is 6.80. The van der Waals surface area contributed by atoms with Crippen molar-refractivity contribution in [1.82, 2.24) is 14.4 Å². The average molecular weight is 412 g/mol. The number of nitrogens with zero attached hydrogens (tertiary/aromatic N) is 5. The van der Waals surface area contributed by atoms with Crippen LogP contribution in [-0.2, 0) is 0 Å². The average Bonchev–Trinajstić information content (AvgIpc) is 3.25. The molecule has 31 heavy (non-hydrogen) atoms. The number of ether oxygens (including phenoxy) is 1. The number of anilines is 1. The lowest BCUT2D eigenvalue weighted by Gasteiger charge is -2.17. The molecule has 0 unspecified atom stereocenters. The number of hydrogen-bond donors (Lipinski definition) is 1. The molecule has 0 aliphatic heterocycles. The van der Waals surface area contributed by atoms with E-state index in [0.717, 1.165) is 17.0 Å². The van der Waals surface area contributed by atoms with Crippen molar-refractivity contribution in [2.45, 2.75) is 0 Å². The number of rotatable bonds is 6. The molecule has 0 spiro atoms. The van der Waals surface area contributed by atoms with Gasteiger partial charge in [0.05, 0.1) is 24.7 Å². The van der Waals surface area contributed by atoms with Crippen LogP contribution in [0.1, 0.15) is 10.5 Å². The molecule has 1 amide bonds. The Bertz CT molecular complexity index is 1260. The van der Waals surface area contributed by atoms with Crippen LogP contribution < -0.4 is 15.4 Å². The van der Waals surface area contributed by atoms with Gasteiger partial charge in [0.1, 0.15) is 18.1 Å². The molecule has 4 rings (SSSR count). The SMILES string of the molecule is [C-]#[N+]c1ccc(N(C)C(=O)c2cn3c(-c4ccc(OCCN)cc4)cnc3cn2)cc1. The molecule has 0 radical (unpaired) electrons. The number of hydrogen-bond acceptors (Lipinski definition) is 5. The number of nitrogens with two attached hydrogens (primary N) is 1. The summed E-state index contributed by atoms with van der Waals surface area (Å²) in [7, 11) is 1.68. The van der Waals surface area contributed by atoms with Crippen LogP contribution in [0.5, 0.6) is 5.75 Å². The van der Waals surface area contributed by atoms with Crippen molar-refractivity contribution in [3.8, 4) is 17.0 Å². The molecule has 0 aliphatic rings. The van der Waals surface area contributed by atoms with Crippen LogP contribution in [0.3, 0.4) is 0 Å². The Hall–Kier alpha value is -4.22. The lowest BCUT2D eigenvalue weighted by molar-refractivity contribution is 0.0988. The first-order valence-electron chi connectivity index (χ1n) is 9.62. The van der Waals surface area contributed by atoms with Gasteiger partial charge in [-0.25, -0.2) is 14.8 Å². The van der Waals surface area contributed by atoms with Crippen molar-refractivity contribution < 1.29 is 9.53 Å². The number of fused-ring (bicyclic) bond motifs is 1. The summed E-state index contributed by atoms with van der Waals surface area (Å²) >= 11 is 0. The zero-order valence-corrected chi connectivity index (χ0v) is 16.9. The number of aromatic nitrogens is 3. The van der Waals surface area contributed by atoms with Crippen LogP contribution in [0, 0.1) is 6.57 Å². The van der Waals surface area contributed by atoms with Gasteiger partial charge in [0.2, 0.25) is 0 Å². The van der Waals surface area contributed by atoms with E-state index in [2.05, 4.69) is 14.8 Å². The number of imidazole rings is 1. The van der Waals surface area contributed by atoms with E-state index in [1.54, 1.807) is 49.9 Å². The van der Waals surface area contributed by atoms with Crippen molar-refractivity contribution in [1.29, 1.82) is 0 Å². The van der Waals surface area contributed by atoms with E-state index in [1.807, 2.05) is 28.7 Å². The Morgan fingerprint density at radius 3 is 2.55 bits per heavy atom. The van der Waals surface area contributed by atoms with E-state index >= 15 is 0 Å². The lowest BCUT2D eigenvalue weighted by Crippen LogP contribution is -2.27. The first-order valence-corrected chi connectivity index (χ1v) is 9.62. The number of amides is 1. The van der Waals surface area contributed by atoms with Crippen LogP contribution in [0.15, 0.2) is 67.1 Å². The molecule has 0 saturated heterocycles. The highest BCUT2D eigenvalue weighted by Gasteiger charge is 2.17. The maximum absolute atomic E-state index is 13.0. The Balaban J connectivity index is 1.63. The second kappa shape index (κ2) is 8.65. The van der Waals surface area contributed by atoms with Crippen LogP contribution in [0.2, 0.25) is 0 Å². The summed E-state index contributed by atoms with van der Waals surface area (Å²) in [5.41, 5.74) is 9.36. The van der Waals surface area contributed by atoms with E-state index in [4.69, 9.17) is 17.0 Å². The van der Waals surface area contributed by atoms with E-state index in [9.17, 15) is 4.79 Å². The molecule has 8 heteroatoms. The second-order valence-electron chi connectivity index (χ2n) is 6.80. The minimum absolute atomic E-state index is 0.261. The zero-order valence-electron chi connectivity index (χ0n) is 16.9. The molecule has 8 nitrogen and oxygen atoms in total. The summed E-state index contributed by atoms with van der Waals surface area (Å²) in [4.78, 5) is 26.6. The number of carbonyl (C=O) groups is 1. The normalized spacial score (nSPS) is 10.6. The molecule has 0 aliphatic carbocycles. The van der Waals surface area contributed by atoms with E-state index in [1.165, 1.54) is 4.90 Å². The third-order valence-electron chi connectivity index (χ3n) is 4.82. The van der Waals surface area contributed by atoms with Gasteiger partial charge in [-0.15, -0.1) is 0 Å². The Morgan fingerprint density at radius 2 is 1.87 bits per heavy atom. The maximum Gasteiger partial charge on any atom is 0.278 e. The fourth-order valence-corrected chi connectivity index (χ4v) is 3.15. The van der Waals surface area contributed by atoms with Gasteiger partial charge in [0, 0.05) is 31.0 Å². The predicted molar refractivity (Wildman–Crippen MR) is 118 cm³/mol. The summed E-state index contributed by atoms with van der Waals surface area (Å²) in [6, 6.07) is 14.4. The van der Waals surface area contributed by atoms with Gasteiger partial charge >= 0.3 is 0 Å². The molecule has 154 valence electrons. The summed E-state index contributed by atoms with van der Waals surface area (Å²) in [5.74, 6) is 0.481. The molecule has 0 saturated carbocycles. The van der Waals surface area contributed by atoms with Crippen molar-refractivity contribution in [3.63, 3.8) is 0 Å². The van der Waals surface area contributed by atoms with Gasteiger partial charge in [0.15, 0.2) is 11.3 Å². The Morgan fingerprint density at radius 1 is 1.13 bits per heavy atom. The minimum Gasteiger partial charge on any atom is -0.492 e. The van der Waals surface area contributed by atoms with E-state index in [-0.39, 0.29) is 11.6 Å². The Labute approximate surface area is 179 Å². The lowest BCUT2D eigenvalue weighted by atomic mass is 10.1. The van der Waals surface area contributed by atoms with Crippen molar-refractivity contribution in [3.05, 3.63) is 84.2 Å². The topological polar surface area (TPSA) is 90.1 Å². The fraction of sp³-hybridized carbons (Fsp3) is 0.130. The van der Waals surface area contributed by atoms with Crippen LogP contribution in [0.4, 0.5) is 11.4 Å². The molecule has 2 heterocycles. The molecule has 0 atom stereocenters. The largest absolute Gasteiger partial charge is 0.492 e. The van der Waals surface area contributed by atoms with Gasteiger partial charge in [0.25, 0.3) is 5.91 Å². The van der Waals surface area contributed by atoms with Gasteiger partial charge < -0.3 is 15.4 Å². The van der Waals surface area contributed by atoms with Crippen molar-refractivity contribution in [2.75, 3.05) is 25.1 Å². The molecule has 2 aromatic carbocycles. The third-order valence-corrected chi connectivity index (χ3v) is 4.82. The van der Waals surface area contributed by atoms with Crippen LogP contribution in [-0.4, -0.2) is 40.5 Å². The molecule has 0 fully saturated rings. The first-order chi connectivity index (χ1) is 15.1. The van der Waals surface area contributed by atoms with E-state index < -0.39 is 0 Å². The van der Waals surface area contributed by atoms with Crippen LogP contribution >= 0.6 is 0 Å². The van der Waals surface area contributed by atoms with Crippen molar-refractivity contribution >= 4 is 22.9 Å². The number of carbonyl (C=O) groups excluding carboxylic acids is 1. The highest BCUT2D eigenvalue weighted by atomic mass is 16.5. The fourth-order valence-electron chi connectivity index (χ4n) is 3.15. The van der Waals surface area contributed by atoms with Gasteiger partial charge in [-0.05, 0) is 36.4 Å². The molecule has 4 aromatic rings. The molecule has 0 bridgehead atoms. The van der Waals surface area contributed by atoms with E-state index in [0.29, 0.717) is 30.2 Å². The van der Waals surface area contributed by atoms with Crippen molar-refractivity contribution in [2.24, 2.45) is 5.73 Å². The van der Waals surface area contributed by atoms with Gasteiger partial charge in [-0.2, -0.15) is 0 Å². The number of benzene rings is 2. The van der Waals surface area contributed by atoms with Gasteiger partial charge in [-0.1, -0.05) is 12.1 Å². The first kappa shape index (κ1) is 20.1. The predicted octanol–water partition coefficient (Wildman–Crippen LogP) is 3.56. The smallest absolute Gasteiger partial charge is 0.278 e. The molecular formula is C23H20N6O2. The monoisotopic (exact) mass is 412 g/mol. The summed E-state index contributed by atoms with van der Waals surface area (Å²) in [5, 5.41) is 0. The van der Waals surface area contributed by atoms with Gasteiger partial charge in [-0.3, -0.25) is 9.20 Å². The standard InChI is InChI=1S/C23H20N6O2/c1-25-17-5-7-18(8-6-17)28(2)23(30)20-15-29-21(13-27-22(29)14-26-20)16-3-9-19(10-4-16)31-12-11-24/h3-10,13-15H,11-12,24H2,2H3. The summed E-state index contributed by atoms with van der Waals surface area (Å²) in [6.45, 7) is 7.96. The molecule has 2 N–H and O–H groups in total. The quantitative estimate of drug-likeness (QED) is 0.489. The Kier molecular flexibility index (Phi) is 5.60. The zero-order chi connectivity index (χ0) is 21.8. The minimum atomic E-state index is -0.261. The summed E-state index contributed by atoms with van der Waals surface area (Å²) in [6.07, 6.45) is 5.00. The highest BCUT2D eigenvalue weighted by molar-refractivity contribution is 6.04. The summed E-state index contributed by atoms with van der Waals surface area (Å²) < 4.78 is 7.36. The van der Waals surface area contributed by atoms with Crippen LogP contribution in [0.25, 0.3) is 21.7 Å². The molecule has 2 aromatic heterocycles. The highest BCUT2D eigenvalue weighted by Crippen LogP contribution is 2.24. The molecular weight excluding hydrogens is 392 g/mol.